The highest BCUT2D eigenvalue weighted by atomic mass is 127. The molecule has 5 nitrogen and oxygen atoms in total. The first-order valence-corrected chi connectivity index (χ1v) is 11.2. The smallest absolute Gasteiger partial charge is 0.375 e. The molecule has 0 saturated heterocycles. The molecule has 0 radical (unpaired) electrons. The minimum Gasteiger partial charge on any atom is -0.375 e. The van der Waals surface area contributed by atoms with E-state index in [4.69, 9.17) is 5.73 Å². The lowest BCUT2D eigenvalue weighted by Gasteiger charge is -2.01. The van der Waals surface area contributed by atoms with Gasteiger partial charge in [0.1, 0.15) is 3.79 Å². The molecular formula is C13H6BrF6IN4OS3. The lowest BCUT2D eigenvalue weighted by molar-refractivity contribution is -0.142. The van der Waals surface area contributed by atoms with Crippen molar-refractivity contribution in [1.29, 1.82) is 0 Å². The van der Waals surface area contributed by atoms with E-state index in [-0.39, 0.29) is 16.9 Å². The molecular weight excluding hydrogens is 645 g/mol. The van der Waals surface area contributed by atoms with Crippen LogP contribution in [0.25, 0.3) is 0 Å². The van der Waals surface area contributed by atoms with Crippen LogP contribution in [0.15, 0.2) is 21.3 Å². The third-order valence-electron chi connectivity index (χ3n) is 2.69. The summed E-state index contributed by atoms with van der Waals surface area (Å²) in [4.78, 5) is 18.5. The molecule has 16 heteroatoms. The highest BCUT2D eigenvalue weighted by Crippen LogP contribution is 2.39. The summed E-state index contributed by atoms with van der Waals surface area (Å²) in [7, 11) is 0. The number of nitrogens with one attached hydrogen (secondary N) is 1. The van der Waals surface area contributed by atoms with Crippen LogP contribution < -0.4 is 11.1 Å². The Labute approximate surface area is 192 Å². The van der Waals surface area contributed by atoms with Gasteiger partial charge in [-0.05, 0) is 50.0 Å². The number of aromatic nitrogens is 2. The van der Waals surface area contributed by atoms with Crippen molar-refractivity contribution in [2.24, 2.45) is 0 Å². The van der Waals surface area contributed by atoms with Crippen LogP contribution >= 0.6 is 72.5 Å². The third-order valence-corrected chi connectivity index (χ3v) is 7.02. The van der Waals surface area contributed by atoms with Crippen molar-refractivity contribution in [3.05, 3.63) is 40.4 Å². The largest absolute Gasteiger partial charge is 0.435 e. The number of anilines is 2. The molecule has 3 N–H and O–H groups in total. The molecule has 0 aliphatic carbocycles. The number of halogens is 8. The maximum absolute atomic E-state index is 12.5. The van der Waals surface area contributed by atoms with E-state index in [2.05, 4.69) is 31.2 Å². The van der Waals surface area contributed by atoms with E-state index in [0.717, 1.165) is 22.7 Å². The average Bonchev–Trinajstić information content (AvgIpc) is 3.27. The lowest BCUT2D eigenvalue weighted by atomic mass is 10.4. The highest BCUT2D eigenvalue weighted by Gasteiger charge is 2.37. The average molecular weight is 651 g/mol. The van der Waals surface area contributed by atoms with E-state index in [0.29, 0.717) is 4.88 Å². The molecule has 0 spiro atoms. The van der Waals surface area contributed by atoms with E-state index in [9.17, 15) is 31.1 Å². The Morgan fingerprint density at radius 2 is 1.72 bits per heavy atom. The second-order valence-electron chi connectivity index (χ2n) is 4.74. The summed E-state index contributed by atoms with van der Waals surface area (Å²) in [5, 5.41) is 3.88. The Bertz CT molecular complexity index is 986. The molecule has 1 amide bonds. The van der Waals surface area contributed by atoms with Crippen molar-refractivity contribution in [2.75, 3.05) is 11.1 Å². The first-order chi connectivity index (χ1) is 13.3. The van der Waals surface area contributed by atoms with Gasteiger partial charge < -0.3 is 5.73 Å². The van der Waals surface area contributed by atoms with Gasteiger partial charge >= 0.3 is 12.4 Å². The number of hydrogen-bond acceptors (Lipinski definition) is 7. The number of thiophene rings is 1. The van der Waals surface area contributed by atoms with E-state index >= 15 is 0 Å². The third kappa shape index (κ3) is 6.76. The molecule has 0 atom stereocenters. The Morgan fingerprint density at radius 3 is 2.10 bits per heavy atom. The van der Waals surface area contributed by atoms with Gasteiger partial charge in [-0.25, -0.2) is 9.97 Å². The number of alkyl halides is 6. The van der Waals surface area contributed by atoms with Gasteiger partial charge in [0.05, 0.1) is 7.76 Å². The van der Waals surface area contributed by atoms with Crippen molar-refractivity contribution in [3.8, 4) is 0 Å². The van der Waals surface area contributed by atoms with Crippen molar-refractivity contribution in [2.45, 2.75) is 12.4 Å². The molecule has 0 aliphatic heterocycles. The van der Waals surface area contributed by atoms with Gasteiger partial charge in [-0.3, -0.25) is 10.1 Å². The number of rotatable bonds is 2. The van der Waals surface area contributed by atoms with Crippen LogP contribution in [0.2, 0.25) is 0 Å². The van der Waals surface area contributed by atoms with Crippen LogP contribution in [0.5, 0.6) is 0 Å². The van der Waals surface area contributed by atoms with E-state index in [1.54, 1.807) is 40.1 Å². The topological polar surface area (TPSA) is 80.9 Å². The fourth-order valence-corrected chi connectivity index (χ4v) is 5.37. The summed E-state index contributed by atoms with van der Waals surface area (Å²) in [6, 6.07) is 3.26. The fraction of sp³-hybridized carbons (Fsp3) is 0.154. The Balaban J connectivity index is 0.000000234. The van der Waals surface area contributed by atoms with E-state index in [1.165, 1.54) is 11.3 Å². The Hall–Kier alpha value is -0.980. The normalized spacial score (nSPS) is 11.7. The minimum absolute atomic E-state index is 0.0540. The first kappa shape index (κ1) is 24.3. The van der Waals surface area contributed by atoms with Crippen LogP contribution in [-0.4, -0.2) is 15.9 Å². The molecule has 0 bridgehead atoms. The van der Waals surface area contributed by atoms with Crippen molar-refractivity contribution < 1.29 is 31.1 Å². The standard InChI is InChI=1S/C9H4BrF3N2OS2.C4H2F3IN2S/c10-6-5(9(11,12)13)14-8(18-6)15-7(16)4-2-1-3-17-4;5-4(6,7)1-2(8)11-3(9)10-1/h1-3H,(H,14,15,16);(H2,9,10). The zero-order valence-electron chi connectivity index (χ0n) is 13.4. The number of carbonyl (C=O) groups is 1. The summed E-state index contributed by atoms with van der Waals surface area (Å²) in [5.74, 6) is -0.472. The summed E-state index contributed by atoms with van der Waals surface area (Å²) < 4.78 is 73.2. The molecule has 3 rings (SSSR count). The molecule has 0 aromatic carbocycles. The highest BCUT2D eigenvalue weighted by molar-refractivity contribution is 14.1. The molecule has 3 aromatic heterocycles. The molecule has 0 saturated carbocycles. The van der Waals surface area contributed by atoms with Gasteiger partial charge in [0.25, 0.3) is 5.91 Å². The maximum atomic E-state index is 12.5. The number of nitrogens with two attached hydrogens (primary N) is 1. The fourth-order valence-electron chi connectivity index (χ4n) is 1.59. The number of thiazole rings is 2. The predicted octanol–water partition coefficient (Wildman–Crippen LogP) is 6.59. The monoisotopic (exact) mass is 650 g/mol. The van der Waals surface area contributed by atoms with Crippen LogP contribution in [0.1, 0.15) is 21.1 Å². The molecule has 29 heavy (non-hydrogen) atoms. The van der Waals surface area contributed by atoms with Gasteiger partial charge in [0, 0.05) is 0 Å². The number of hydrogen-bond donors (Lipinski definition) is 2. The van der Waals surface area contributed by atoms with Gasteiger partial charge in [0.2, 0.25) is 0 Å². The second-order valence-corrected chi connectivity index (χ2v) is 10.8. The quantitative estimate of drug-likeness (QED) is 0.242. The number of carbonyl (C=O) groups excluding carboxylic acids is 1. The number of nitrogen functional groups attached to an aromatic ring is 1. The lowest BCUT2D eigenvalue weighted by Crippen LogP contribution is -2.11. The number of amides is 1. The van der Waals surface area contributed by atoms with Crippen LogP contribution in [0.3, 0.4) is 0 Å². The van der Waals surface area contributed by atoms with Gasteiger partial charge in [-0.15, -0.1) is 11.3 Å². The Kier molecular flexibility index (Phi) is 7.91. The van der Waals surface area contributed by atoms with E-state index < -0.39 is 29.6 Å². The van der Waals surface area contributed by atoms with Gasteiger partial charge in [-0.2, -0.15) is 26.3 Å². The Morgan fingerprint density at radius 1 is 1.10 bits per heavy atom. The van der Waals surface area contributed by atoms with Crippen LogP contribution in [0, 0.1) is 2.88 Å². The SMILES string of the molecule is Nc1nc(C(F)(F)F)c(I)s1.O=C(Nc1nc(C(F)(F)F)c(Br)s1)c1cccs1. The van der Waals surface area contributed by atoms with Crippen LogP contribution in [-0.2, 0) is 12.4 Å². The summed E-state index contributed by atoms with van der Waals surface area (Å²) in [6.45, 7) is 0. The number of nitrogens with zero attached hydrogens (tertiary/aromatic N) is 2. The predicted molar refractivity (Wildman–Crippen MR) is 111 cm³/mol. The zero-order chi connectivity index (χ0) is 22.0. The zero-order valence-corrected chi connectivity index (χ0v) is 19.6. The summed E-state index contributed by atoms with van der Waals surface area (Å²) >= 11 is 7.09. The van der Waals surface area contributed by atoms with Crippen molar-refractivity contribution in [3.63, 3.8) is 0 Å². The molecule has 3 aromatic rings. The molecule has 158 valence electrons. The van der Waals surface area contributed by atoms with E-state index in [1.807, 2.05) is 0 Å². The van der Waals surface area contributed by atoms with Crippen molar-refractivity contribution in [1.82, 2.24) is 9.97 Å². The molecule has 3 heterocycles. The summed E-state index contributed by atoms with van der Waals surface area (Å²) in [6.07, 6.45) is -8.92. The van der Waals surface area contributed by atoms with Gasteiger partial charge in [-0.1, -0.05) is 28.7 Å². The molecule has 0 fully saturated rings. The second kappa shape index (κ2) is 9.44. The van der Waals surface area contributed by atoms with Gasteiger partial charge in [0.15, 0.2) is 21.7 Å². The van der Waals surface area contributed by atoms with Crippen molar-refractivity contribution >= 4 is 88.7 Å². The minimum atomic E-state index is -4.54. The first-order valence-electron chi connectivity index (χ1n) is 6.86. The summed E-state index contributed by atoms with van der Waals surface area (Å²) in [5.41, 5.74) is 3.16. The molecule has 0 unspecified atom stereocenters. The molecule has 0 aliphatic rings. The maximum Gasteiger partial charge on any atom is 0.435 e. The van der Waals surface area contributed by atoms with Crippen LogP contribution in [0.4, 0.5) is 36.6 Å².